The number of hydrogen-bond donors (Lipinski definition) is 0. The van der Waals surface area contributed by atoms with Crippen LogP contribution in [0.3, 0.4) is 0 Å². The van der Waals surface area contributed by atoms with Crippen LogP contribution in [0, 0.1) is 12.7 Å². The molecule has 1 aliphatic heterocycles. The Kier molecular flexibility index (Phi) is 3.11. The molecule has 1 atom stereocenters. The lowest BCUT2D eigenvalue weighted by Crippen LogP contribution is -2.12. The Balaban J connectivity index is 1.71. The lowest BCUT2D eigenvalue weighted by atomic mass is 10.0. The molecule has 0 radical (unpaired) electrons. The molecule has 0 aliphatic carbocycles. The third-order valence-corrected chi connectivity index (χ3v) is 3.38. The number of para-hydroxylation sites is 1. The average molecular weight is 258 g/mol. The molecular formula is C16H15FO2. The van der Waals surface area contributed by atoms with Gasteiger partial charge in [0.15, 0.2) is 0 Å². The molecule has 19 heavy (non-hydrogen) atoms. The molecule has 0 spiro atoms. The molecule has 0 saturated carbocycles. The van der Waals surface area contributed by atoms with Crippen LogP contribution in [0.4, 0.5) is 4.39 Å². The molecular weight excluding hydrogens is 243 g/mol. The van der Waals surface area contributed by atoms with E-state index in [0.717, 1.165) is 17.1 Å². The zero-order chi connectivity index (χ0) is 13.2. The summed E-state index contributed by atoms with van der Waals surface area (Å²) < 4.78 is 24.4. The molecule has 2 aromatic rings. The minimum Gasteiger partial charge on any atom is -0.493 e. The van der Waals surface area contributed by atoms with Gasteiger partial charge in [0.05, 0.1) is 19.1 Å². The zero-order valence-electron chi connectivity index (χ0n) is 10.7. The second-order valence-electron chi connectivity index (χ2n) is 4.77. The summed E-state index contributed by atoms with van der Waals surface area (Å²) in [6, 6.07) is 12.6. The van der Waals surface area contributed by atoms with E-state index in [1.54, 1.807) is 6.07 Å². The summed E-state index contributed by atoms with van der Waals surface area (Å²) in [5.74, 6) is 1.66. The summed E-state index contributed by atoms with van der Waals surface area (Å²) in [7, 11) is 0. The Morgan fingerprint density at radius 1 is 1.26 bits per heavy atom. The first-order valence-electron chi connectivity index (χ1n) is 6.35. The molecule has 3 rings (SSSR count). The predicted molar refractivity (Wildman–Crippen MR) is 71.3 cm³/mol. The molecule has 0 N–H and O–H groups in total. The largest absolute Gasteiger partial charge is 0.493 e. The molecule has 0 aromatic heterocycles. The Labute approximate surface area is 111 Å². The van der Waals surface area contributed by atoms with E-state index in [4.69, 9.17) is 9.47 Å². The molecule has 0 saturated heterocycles. The van der Waals surface area contributed by atoms with Gasteiger partial charge in [0.2, 0.25) is 0 Å². The number of hydrogen-bond acceptors (Lipinski definition) is 2. The summed E-state index contributed by atoms with van der Waals surface area (Å²) >= 11 is 0. The highest BCUT2D eigenvalue weighted by molar-refractivity contribution is 5.40. The molecule has 3 heteroatoms. The monoisotopic (exact) mass is 258 g/mol. The van der Waals surface area contributed by atoms with Gasteiger partial charge in [0.1, 0.15) is 17.3 Å². The fourth-order valence-electron chi connectivity index (χ4n) is 2.33. The summed E-state index contributed by atoms with van der Waals surface area (Å²) in [6.45, 7) is 3.03. The Hall–Kier alpha value is -2.03. The fourth-order valence-corrected chi connectivity index (χ4v) is 2.33. The van der Waals surface area contributed by atoms with Crippen molar-refractivity contribution in [2.75, 3.05) is 13.2 Å². The lowest BCUT2D eigenvalue weighted by molar-refractivity contribution is 0.247. The van der Waals surface area contributed by atoms with E-state index in [2.05, 4.69) is 6.07 Å². The molecule has 0 fully saturated rings. The van der Waals surface area contributed by atoms with Crippen molar-refractivity contribution in [3.05, 3.63) is 59.4 Å². The van der Waals surface area contributed by atoms with Gasteiger partial charge in [-0.3, -0.25) is 0 Å². The van der Waals surface area contributed by atoms with Crippen molar-refractivity contribution in [1.29, 1.82) is 0 Å². The lowest BCUT2D eigenvalue weighted by Gasteiger charge is -2.13. The molecule has 0 amide bonds. The smallest absolute Gasteiger partial charge is 0.123 e. The number of rotatable bonds is 3. The first-order chi connectivity index (χ1) is 9.24. The summed E-state index contributed by atoms with van der Waals surface area (Å²) in [6.07, 6.45) is 0. The zero-order valence-corrected chi connectivity index (χ0v) is 10.7. The quantitative estimate of drug-likeness (QED) is 0.836. The first-order valence-corrected chi connectivity index (χ1v) is 6.35. The number of halogens is 1. The van der Waals surface area contributed by atoms with E-state index in [9.17, 15) is 4.39 Å². The topological polar surface area (TPSA) is 18.5 Å². The SMILES string of the molecule is Cc1cc(F)ccc1OCC1COc2ccccc21. The van der Waals surface area contributed by atoms with Crippen LogP contribution in [0.2, 0.25) is 0 Å². The van der Waals surface area contributed by atoms with Crippen molar-refractivity contribution in [3.63, 3.8) is 0 Å². The van der Waals surface area contributed by atoms with Crippen molar-refractivity contribution in [3.8, 4) is 11.5 Å². The average Bonchev–Trinajstić information content (AvgIpc) is 2.81. The van der Waals surface area contributed by atoms with Crippen LogP contribution < -0.4 is 9.47 Å². The van der Waals surface area contributed by atoms with Gasteiger partial charge in [0, 0.05) is 5.56 Å². The summed E-state index contributed by atoms with van der Waals surface area (Å²) in [5, 5.41) is 0. The number of fused-ring (bicyclic) bond motifs is 1. The third kappa shape index (κ3) is 2.41. The second kappa shape index (κ2) is 4.92. The number of ether oxygens (including phenoxy) is 2. The van der Waals surface area contributed by atoms with Gasteiger partial charge in [-0.2, -0.15) is 0 Å². The van der Waals surface area contributed by atoms with Crippen LogP contribution in [0.5, 0.6) is 11.5 Å². The second-order valence-corrected chi connectivity index (χ2v) is 4.77. The van der Waals surface area contributed by atoms with Crippen molar-refractivity contribution in [2.45, 2.75) is 12.8 Å². The highest BCUT2D eigenvalue weighted by atomic mass is 19.1. The maximum atomic E-state index is 13.0. The van der Waals surface area contributed by atoms with Crippen LogP contribution in [0.25, 0.3) is 0 Å². The van der Waals surface area contributed by atoms with Crippen LogP contribution >= 0.6 is 0 Å². The normalized spacial score (nSPS) is 16.8. The van der Waals surface area contributed by atoms with E-state index in [1.165, 1.54) is 17.7 Å². The maximum Gasteiger partial charge on any atom is 0.123 e. The van der Waals surface area contributed by atoms with Gasteiger partial charge in [-0.15, -0.1) is 0 Å². The molecule has 2 aromatic carbocycles. The van der Waals surface area contributed by atoms with Crippen molar-refractivity contribution in [2.24, 2.45) is 0 Å². The standard InChI is InChI=1S/C16H15FO2/c1-11-8-13(17)6-7-15(11)18-9-12-10-19-16-5-3-2-4-14(12)16/h2-8,12H,9-10H2,1H3. The molecule has 1 heterocycles. The predicted octanol–water partition coefficient (Wildman–Crippen LogP) is 3.69. The Morgan fingerprint density at radius 2 is 2.11 bits per heavy atom. The number of benzene rings is 2. The van der Waals surface area contributed by atoms with Gasteiger partial charge >= 0.3 is 0 Å². The number of aryl methyl sites for hydroxylation is 1. The van der Waals surface area contributed by atoms with Gasteiger partial charge in [-0.05, 0) is 36.8 Å². The van der Waals surface area contributed by atoms with E-state index in [-0.39, 0.29) is 11.7 Å². The Bertz CT molecular complexity index is 595. The van der Waals surface area contributed by atoms with Gasteiger partial charge in [0.25, 0.3) is 0 Å². The first kappa shape index (κ1) is 12.0. The van der Waals surface area contributed by atoms with Gasteiger partial charge in [-0.25, -0.2) is 4.39 Å². The van der Waals surface area contributed by atoms with Crippen molar-refractivity contribution >= 4 is 0 Å². The summed E-state index contributed by atoms with van der Waals surface area (Å²) in [5.41, 5.74) is 1.99. The third-order valence-electron chi connectivity index (χ3n) is 3.38. The van der Waals surface area contributed by atoms with E-state index in [0.29, 0.717) is 13.2 Å². The fraction of sp³-hybridized carbons (Fsp3) is 0.250. The van der Waals surface area contributed by atoms with Crippen LogP contribution in [-0.4, -0.2) is 13.2 Å². The highest BCUT2D eigenvalue weighted by Crippen LogP contribution is 2.34. The van der Waals surface area contributed by atoms with Crippen LogP contribution in [-0.2, 0) is 0 Å². The highest BCUT2D eigenvalue weighted by Gasteiger charge is 2.24. The minimum absolute atomic E-state index is 0.237. The Morgan fingerprint density at radius 3 is 2.95 bits per heavy atom. The van der Waals surface area contributed by atoms with Crippen LogP contribution in [0.15, 0.2) is 42.5 Å². The van der Waals surface area contributed by atoms with Gasteiger partial charge in [-0.1, -0.05) is 18.2 Å². The maximum absolute atomic E-state index is 13.0. The molecule has 98 valence electrons. The van der Waals surface area contributed by atoms with Gasteiger partial charge < -0.3 is 9.47 Å². The van der Waals surface area contributed by atoms with Crippen molar-refractivity contribution in [1.82, 2.24) is 0 Å². The summed E-state index contributed by atoms with van der Waals surface area (Å²) in [4.78, 5) is 0. The molecule has 0 bridgehead atoms. The van der Waals surface area contributed by atoms with Crippen molar-refractivity contribution < 1.29 is 13.9 Å². The molecule has 1 aliphatic rings. The van der Waals surface area contributed by atoms with E-state index >= 15 is 0 Å². The molecule has 1 unspecified atom stereocenters. The van der Waals surface area contributed by atoms with E-state index < -0.39 is 0 Å². The van der Waals surface area contributed by atoms with E-state index in [1.807, 2.05) is 25.1 Å². The minimum atomic E-state index is -0.237. The molecule has 2 nitrogen and oxygen atoms in total. The van der Waals surface area contributed by atoms with Crippen LogP contribution in [0.1, 0.15) is 17.0 Å².